The molecule has 0 bridgehead atoms. The van der Waals surface area contributed by atoms with E-state index in [-0.39, 0.29) is 11.8 Å². The van der Waals surface area contributed by atoms with E-state index < -0.39 is 18.8 Å². The maximum atomic E-state index is 12.2. The Morgan fingerprint density at radius 3 is 2.70 bits per heavy atom. The Labute approximate surface area is 131 Å². The first-order chi connectivity index (χ1) is 10.8. The average molecular weight is 333 g/mol. The smallest absolute Gasteiger partial charge is 0.422 e. The molecule has 9 heteroatoms. The minimum Gasteiger partial charge on any atom is -0.468 e. The minimum atomic E-state index is -4.41. The summed E-state index contributed by atoms with van der Waals surface area (Å²) in [5.74, 6) is -0.189. The van der Waals surface area contributed by atoms with Gasteiger partial charge in [-0.05, 0) is 13.0 Å². The molecule has 1 aromatic rings. The number of carbonyl (C=O) groups is 1. The Balaban J connectivity index is 1.86. The fourth-order valence-corrected chi connectivity index (χ4v) is 2.08. The van der Waals surface area contributed by atoms with Gasteiger partial charge in [-0.15, -0.1) is 0 Å². The number of aromatic nitrogens is 1. The Morgan fingerprint density at radius 2 is 2.13 bits per heavy atom. The van der Waals surface area contributed by atoms with Crippen molar-refractivity contribution in [3.8, 4) is 5.88 Å². The summed E-state index contributed by atoms with van der Waals surface area (Å²) in [5.41, 5.74) is 0.526. The van der Waals surface area contributed by atoms with Gasteiger partial charge in [-0.3, -0.25) is 4.79 Å². The van der Waals surface area contributed by atoms with E-state index in [1.54, 1.807) is 11.8 Å². The molecule has 23 heavy (non-hydrogen) atoms. The van der Waals surface area contributed by atoms with Gasteiger partial charge >= 0.3 is 6.18 Å². The summed E-state index contributed by atoms with van der Waals surface area (Å²) in [5, 5.41) is 2.97. The molecule has 1 aliphatic rings. The van der Waals surface area contributed by atoms with Crippen LogP contribution in [-0.4, -0.2) is 60.9 Å². The summed E-state index contributed by atoms with van der Waals surface area (Å²) >= 11 is 0. The predicted molar refractivity (Wildman–Crippen MR) is 76.3 cm³/mol. The molecule has 6 nitrogen and oxygen atoms in total. The summed E-state index contributed by atoms with van der Waals surface area (Å²) in [6.45, 7) is 2.46. The van der Waals surface area contributed by atoms with Crippen molar-refractivity contribution in [2.75, 3.05) is 38.2 Å². The van der Waals surface area contributed by atoms with Gasteiger partial charge < -0.3 is 19.7 Å². The molecule has 0 saturated carbocycles. The number of hydrogen-bond donors (Lipinski definition) is 1. The lowest BCUT2D eigenvalue weighted by Crippen LogP contribution is -2.47. The van der Waals surface area contributed by atoms with Crippen LogP contribution in [0.15, 0.2) is 18.3 Å². The van der Waals surface area contributed by atoms with Crippen molar-refractivity contribution in [1.82, 2.24) is 9.88 Å². The highest BCUT2D eigenvalue weighted by atomic mass is 19.4. The summed E-state index contributed by atoms with van der Waals surface area (Å²) in [6, 6.07) is 2.36. The molecule has 0 aliphatic carbocycles. The Morgan fingerprint density at radius 1 is 1.43 bits per heavy atom. The maximum absolute atomic E-state index is 12.2. The van der Waals surface area contributed by atoms with E-state index in [9.17, 15) is 18.0 Å². The molecule has 1 N–H and O–H groups in total. The normalized spacial score (nSPS) is 16.8. The first-order valence-corrected chi connectivity index (χ1v) is 7.14. The zero-order chi connectivity index (χ0) is 16.9. The third-order valence-corrected chi connectivity index (χ3v) is 3.20. The molecule has 1 atom stereocenters. The standard InChI is InChI=1S/C14H18F3N3O3/c1-10(13(21)20-4-6-22-7-5-20)19-11-2-3-12(18-8-11)23-9-14(15,16)17/h2-3,8,10,19H,4-7,9H2,1H3/t10-/m1/s1. The van der Waals surface area contributed by atoms with Crippen LogP contribution in [0.25, 0.3) is 0 Å². The van der Waals surface area contributed by atoms with Crippen molar-refractivity contribution < 1.29 is 27.4 Å². The number of rotatable bonds is 5. The fourth-order valence-electron chi connectivity index (χ4n) is 2.08. The molecule has 128 valence electrons. The van der Waals surface area contributed by atoms with Crippen LogP contribution in [0.2, 0.25) is 0 Å². The van der Waals surface area contributed by atoms with Gasteiger partial charge in [0.25, 0.3) is 0 Å². The summed E-state index contributed by atoms with van der Waals surface area (Å²) in [7, 11) is 0. The molecule has 2 rings (SSSR count). The van der Waals surface area contributed by atoms with Crippen molar-refractivity contribution in [2.45, 2.75) is 19.1 Å². The number of nitrogens with zero attached hydrogens (tertiary/aromatic N) is 2. The number of pyridine rings is 1. The number of morpholine rings is 1. The van der Waals surface area contributed by atoms with Gasteiger partial charge in [0.05, 0.1) is 25.1 Å². The van der Waals surface area contributed by atoms with E-state index in [4.69, 9.17) is 4.74 Å². The second-order valence-corrected chi connectivity index (χ2v) is 5.09. The van der Waals surface area contributed by atoms with Crippen molar-refractivity contribution >= 4 is 11.6 Å². The molecular formula is C14H18F3N3O3. The molecule has 1 fully saturated rings. The summed E-state index contributed by atoms with van der Waals surface area (Å²) in [4.78, 5) is 17.7. The van der Waals surface area contributed by atoms with Crippen molar-refractivity contribution in [3.05, 3.63) is 18.3 Å². The quantitative estimate of drug-likeness (QED) is 0.888. The number of alkyl halides is 3. The van der Waals surface area contributed by atoms with E-state index in [1.807, 2.05) is 0 Å². The number of carbonyl (C=O) groups excluding carboxylic acids is 1. The Hall–Kier alpha value is -2.03. The largest absolute Gasteiger partial charge is 0.468 e. The molecule has 0 spiro atoms. The lowest BCUT2D eigenvalue weighted by molar-refractivity contribution is -0.154. The molecule has 0 unspecified atom stereocenters. The summed E-state index contributed by atoms with van der Waals surface area (Å²) < 4.78 is 45.8. The van der Waals surface area contributed by atoms with Gasteiger partial charge in [-0.2, -0.15) is 13.2 Å². The first-order valence-electron chi connectivity index (χ1n) is 7.14. The SMILES string of the molecule is C[C@@H](Nc1ccc(OCC(F)(F)F)nc1)C(=O)N1CCOCC1. The monoisotopic (exact) mass is 333 g/mol. The first kappa shape index (κ1) is 17.3. The number of amides is 1. The molecule has 0 aromatic carbocycles. The van der Waals surface area contributed by atoms with Crippen LogP contribution in [0.5, 0.6) is 5.88 Å². The van der Waals surface area contributed by atoms with Crippen LogP contribution in [0.1, 0.15) is 6.92 Å². The molecule has 1 amide bonds. The van der Waals surface area contributed by atoms with E-state index in [1.165, 1.54) is 18.3 Å². The van der Waals surface area contributed by atoms with Crippen molar-refractivity contribution in [3.63, 3.8) is 0 Å². The van der Waals surface area contributed by atoms with Gasteiger partial charge in [0, 0.05) is 19.2 Å². The fraction of sp³-hybridized carbons (Fsp3) is 0.571. The molecule has 1 aliphatic heterocycles. The lowest BCUT2D eigenvalue weighted by Gasteiger charge is -2.29. The Kier molecular flexibility index (Phi) is 5.64. The van der Waals surface area contributed by atoms with Crippen LogP contribution in [0, 0.1) is 0 Å². The highest BCUT2D eigenvalue weighted by Gasteiger charge is 2.28. The van der Waals surface area contributed by atoms with Crippen LogP contribution in [0.3, 0.4) is 0 Å². The van der Waals surface area contributed by atoms with Crippen LogP contribution in [-0.2, 0) is 9.53 Å². The van der Waals surface area contributed by atoms with E-state index >= 15 is 0 Å². The Bertz CT molecular complexity index is 516. The van der Waals surface area contributed by atoms with Crippen molar-refractivity contribution in [2.24, 2.45) is 0 Å². The third-order valence-electron chi connectivity index (χ3n) is 3.20. The van der Waals surface area contributed by atoms with Crippen LogP contribution in [0.4, 0.5) is 18.9 Å². The number of anilines is 1. The van der Waals surface area contributed by atoms with Gasteiger partial charge in [0.2, 0.25) is 11.8 Å². The van der Waals surface area contributed by atoms with Gasteiger partial charge in [-0.1, -0.05) is 0 Å². The molecule has 2 heterocycles. The topological polar surface area (TPSA) is 63.7 Å². The summed E-state index contributed by atoms with van der Waals surface area (Å²) in [6.07, 6.45) is -3.08. The highest BCUT2D eigenvalue weighted by Crippen LogP contribution is 2.18. The van der Waals surface area contributed by atoms with E-state index in [2.05, 4.69) is 15.0 Å². The molecule has 1 aromatic heterocycles. The van der Waals surface area contributed by atoms with Gasteiger partial charge in [0.1, 0.15) is 6.04 Å². The van der Waals surface area contributed by atoms with E-state index in [0.29, 0.717) is 32.0 Å². The minimum absolute atomic E-state index is 0.0642. The second-order valence-electron chi connectivity index (χ2n) is 5.09. The molecule has 0 radical (unpaired) electrons. The van der Waals surface area contributed by atoms with Gasteiger partial charge in [-0.25, -0.2) is 4.98 Å². The zero-order valence-electron chi connectivity index (χ0n) is 12.6. The predicted octanol–water partition coefficient (Wildman–Crippen LogP) is 1.68. The zero-order valence-corrected chi connectivity index (χ0v) is 12.6. The highest BCUT2D eigenvalue weighted by molar-refractivity contribution is 5.84. The maximum Gasteiger partial charge on any atom is 0.422 e. The van der Waals surface area contributed by atoms with E-state index in [0.717, 1.165) is 0 Å². The van der Waals surface area contributed by atoms with Crippen LogP contribution >= 0.6 is 0 Å². The van der Waals surface area contributed by atoms with Crippen LogP contribution < -0.4 is 10.1 Å². The second kappa shape index (κ2) is 7.49. The average Bonchev–Trinajstić information content (AvgIpc) is 2.53. The number of hydrogen-bond acceptors (Lipinski definition) is 5. The molecule has 1 saturated heterocycles. The lowest BCUT2D eigenvalue weighted by atomic mass is 10.2. The number of ether oxygens (including phenoxy) is 2. The molecular weight excluding hydrogens is 315 g/mol. The number of halogens is 3. The van der Waals surface area contributed by atoms with Crippen molar-refractivity contribution in [1.29, 1.82) is 0 Å². The third kappa shape index (κ3) is 5.59. The van der Waals surface area contributed by atoms with Gasteiger partial charge in [0.15, 0.2) is 6.61 Å². The number of nitrogens with one attached hydrogen (secondary N) is 1.